The van der Waals surface area contributed by atoms with Crippen molar-refractivity contribution in [2.24, 2.45) is 10.9 Å². The molecule has 0 aromatic rings. The van der Waals surface area contributed by atoms with E-state index >= 15 is 0 Å². The molecule has 1 aliphatic carbocycles. The van der Waals surface area contributed by atoms with Crippen LogP contribution in [0.15, 0.2) is 40.6 Å². The molecule has 1 aliphatic heterocycles. The number of hydrogen-bond donors (Lipinski definition) is 1. The molecule has 0 radical (unpaired) electrons. The molecule has 98 valence electrons. The van der Waals surface area contributed by atoms with Gasteiger partial charge in [0.2, 0.25) is 0 Å². The quantitative estimate of drug-likeness (QED) is 0.751. The maximum Gasteiger partial charge on any atom is 0.133 e. The predicted molar refractivity (Wildman–Crippen MR) is 70.6 cm³/mol. The maximum atomic E-state index is 9.58. The van der Waals surface area contributed by atoms with Gasteiger partial charge in [0.05, 0.1) is 25.0 Å². The molecular weight excluding hydrogens is 230 g/mol. The number of nitrogens with zero attached hydrogens (tertiary/aromatic N) is 1. The number of ether oxygens (including phenoxy) is 2. The summed E-state index contributed by atoms with van der Waals surface area (Å²) in [6.45, 7) is 2.85. The molecule has 0 spiro atoms. The number of dihydropyridines is 1. The van der Waals surface area contributed by atoms with Crippen molar-refractivity contribution in [2.75, 3.05) is 20.3 Å². The molecule has 3 atom stereocenters. The van der Waals surface area contributed by atoms with Crippen LogP contribution >= 0.6 is 0 Å². The number of hydrogen-bond acceptors (Lipinski definition) is 4. The summed E-state index contributed by atoms with van der Waals surface area (Å²) < 4.78 is 10.5. The number of aliphatic imine (C=N–C) groups is 1. The Kier molecular flexibility index (Phi) is 4.33. The Morgan fingerprint density at radius 3 is 2.94 bits per heavy atom. The van der Waals surface area contributed by atoms with Gasteiger partial charge in [0, 0.05) is 13.0 Å². The molecule has 2 aliphatic rings. The Balaban J connectivity index is 2.02. The second kappa shape index (κ2) is 5.98. The molecule has 4 nitrogen and oxygen atoms in total. The van der Waals surface area contributed by atoms with E-state index in [-0.39, 0.29) is 12.0 Å². The molecule has 0 bridgehead atoms. The van der Waals surface area contributed by atoms with Crippen molar-refractivity contribution in [2.45, 2.75) is 19.1 Å². The van der Waals surface area contributed by atoms with E-state index in [2.05, 4.69) is 4.99 Å². The average Bonchev–Trinajstić information content (AvgIpc) is 2.38. The van der Waals surface area contributed by atoms with Crippen LogP contribution in [-0.4, -0.2) is 43.8 Å². The predicted octanol–water partition coefficient (Wildman–Crippen LogP) is 1.48. The summed E-state index contributed by atoms with van der Waals surface area (Å²) in [6, 6.07) is 0.127. The third-order valence-electron chi connectivity index (χ3n) is 3.03. The van der Waals surface area contributed by atoms with Crippen molar-refractivity contribution < 1.29 is 14.6 Å². The van der Waals surface area contributed by atoms with Gasteiger partial charge in [-0.05, 0) is 18.6 Å². The number of aliphatic hydroxyl groups is 1. The standard InChI is InChI=1S/C14H19NO3/c1-10(16)11-3-4-14-12(7-11)8-13(9-15-14)18-6-5-17-2/h3-4,7-10,12,14,16H,5-6H2,1-2H3. The first kappa shape index (κ1) is 13.1. The Morgan fingerprint density at radius 2 is 2.22 bits per heavy atom. The van der Waals surface area contributed by atoms with Gasteiger partial charge >= 0.3 is 0 Å². The molecule has 1 heterocycles. The Morgan fingerprint density at radius 1 is 1.39 bits per heavy atom. The summed E-state index contributed by atoms with van der Waals surface area (Å²) >= 11 is 0. The fraction of sp³-hybridized carbons (Fsp3) is 0.500. The highest BCUT2D eigenvalue weighted by Gasteiger charge is 2.23. The van der Waals surface area contributed by atoms with E-state index in [1.165, 1.54) is 0 Å². The van der Waals surface area contributed by atoms with Crippen LogP contribution in [-0.2, 0) is 9.47 Å². The summed E-state index contributed by atoms with van der Waals surface area (Å²) in [6.07, 6.45) is 9.35. The summed E-state index contributed by atoms with van der Waals surface area (Å²) in [7, 11) is 1.65. The highest BCUT2D eigenvalue weighted by Crippen LogP contribution is 2.26. The minimum atomic E-state index is -0.445. The smallest absolute Gasteiger partial charge is 0.133 e. The van der Waals surface area contributed by atoms with Gasteiger partial charge < -0.3 is 14.6 Å². The second-order valence-corrected chi connectivity index (χ2v) is 4.46. The average molecular weight is 249 g/mol. The van der Waals surface area contributed by atoms with Gasteiger partial charge in [0.15, 0.2) is 0 Å². The molecule has 4 heteroatoms. The van der Waals surface area contributed by atoms with Crippen molar-refractivity contribution in [3.05, 3.63) is 35.6 Å². The first-order valence-corrected chi connectivity index (χ1v) is 6.15. The Labute approximate surface area is 107 Å². The van der Waals surface area contributed by atoms with Crippen LogP contribution in [0.3, 0.4) is 0 Å². The zero-order valence-corrected chi connectivity index (χ0v) is 10.7. The van der Waals surface area contributed by atoms with Gasteiger partial charge in [0.25, 0.3) is 0 Å². The monoisotopic (exact) mass is 249 g/mol. The van der Waals surface area contributed by atoms with E-state index in [4.69, 9.17) is 9.47 Å². The summed E-state index contributed by atoms with van der Waals surface area (Å²) in [5, 5.41) is 9.58. The molecule has 0 aromatic heterocycles. The molecule has 3 unspecified atom stereocenters. The van der Waals surface area contributed by atoms with Crippen molar-refractivity contribution in [3.8, 4) is 0 Å². The second-order valence-electron chi connectivity index (χ2n) is 4.46. The zero-order valence-electron chi connectivity index (χ0n) is 10.7. The van der Waals surface area contributed by atoms with Gasteiger partial charge in [-0.1, -0.05) is 18.2 Å². The number of methoxy groups -OCH3 is 1. The largest absolute Gasteiger partial charge is 0.490 e. The summed E-state index contributed by atoms with van der Waals surface area (Å²) in [5.74, 6) is 0.937. The Hall–Kier alpha value is -1.39. The van der Waals surface area contributed by atoms with Gasteiger partial charge in [-0.15, -0.1) is 0 Å². The SMILES string of the molecule is COCCOC1=CC2C=C(C(C)O)C=CC2N=C1. The fourth-order valence-corrected chi connectivity index (χ4v) is 2.01. The van der Waals surface area contributed by atoms with Crippen molar-refractivity contribution in [3.63, 3.8) is 0 Å². The maximum absolute atomic E-state index is 9.58. The lowest BCUT2D eigenvalue weighted by molar-refractivity contribution is 0.116. The van der Waals surface area contributed by atoms with E-state index in [0.29, 0.717) is 13.2 Å². The van der Waals surface area contributed by atoms with Crippen LogP contribution in [0.25, 0.3) is 0 Å². The molecule has 0 saturated carbocycles. The fourth-order valence-electron chi connectivity index (χ4n) is 2.01. The highest BCUT2D eigenvalue weighted by molar-refractivity contribution is 5.77. The van der Waals surface area contributed by atoms with Gasteiger partial charge in [-0.2, -0.15) is 0 Å². The highest BCUT2D eigenvalue weighted by atomic mass is 16.5. The lowest BCUT2D eigenvalue weighted by atomic mass is 9.88. The van der Waals surface area contributed by atoms with Crippen LogP contribution in [0.4, 0.5) is 0 Å². The van der Waals surface area contributed by atoms with Crippen LogP contribution in [0.1, 0.15) is 6.92 Å². The van der Waals surface area contributed by atoms with Gasteiger partial charge in [-0.25, -0.2) is 0 Å². The number of rotatable bonds is 5. The van der Waals surface area contributed by atoms with E-state index in [1.807, 2.05) is 24.3 Å². The van der Waals surface area contributed by atoms with E-state index in [9.17, 15) is 5.11 Å². The normalized spacial score (nSPS) is 27.3. The molecule has 0 saturated heterocycles. The van der Waals surface area contributed by atoms with Crippen molar-refractivity contribution >= 4 is 6.21 Å². The Bertz CT molecular complexity index is 407. The summed E-state index contributed by atoms with van der Waals surface area (Å²) in [5.41, 5.74) is 0.931. The van der Waals surface area contributed by atoms with Crippen LogP contribution < -0.4 is 0 Å². The lowest BCUT2D eigenvalue weighted by Crippen LogP contribution is -2.23. The molecule has 2 rings (SSSR count). The topological polar surface area (TPSA) is 51.0 Å². The molecular formula is C14H19NO3. The lowest BCUT2D eigenvalue weighted by Gasteiger charge is -2.25. The molecule has 0 aromatic carbocycles. The molecule has 18 heavy (non-hydrogen) atoms. The van der Waals surface area contributed by atoms with Crippen LogP contribution in [0.2, 0.25) is 0 Å². The van der Waals surface area contributed by atoms with Gasteiger partial charge in [-0.3, -0.25) is 4.99 Å². The first-order chi connectivity index (χ1) is 8.70. The minimum absolute atomic E-state index is 0.127. The number of aliphatic hydroxyl groups excluding tert-OH is 1. The van der Waals surface area contributed by atoms with Crippen molar-refractivity contribution in [1.29, 1.82) is 0 Å². The summed E-state index contributed by atoms with van der Waals surface area (Å²) in [4.78, 5) is 4.43. The first-order valence-electron chi connectivity index (χ1n) is 6.15. The van der Waals surface area contributed by atoms with Crippen LogP contribution in [0.5, 0.6) is 0 Å². The minimum Gasteiger partial charge on any atom is -0.490 e. The van der Waals surface area contributed by atoms with E-state index < -0.39 is 6.10 Å². The number of fused-ring (bicyclic) bond motifs is 1. The van der Waals surface area contributed by atoms with Crippen molar-refractivity contribution in [1.82, 2.24) is 0 Å². The van der Waals surface area contributed by atoms with E-state index in [1.54, 1.807) is 20.2 Å². The van der Waals surface area contributed by atoms with Crippen LogP contribution in [0, 0.1) is 5.92 Å². The zero-order chi connectivity index (χ0) is 13.0. The van der Waals surface area contributed by atoms with Gasteiger partial charge in [0.1, 0.15) is 12.4 Å². The third-order valence-corrected chi connectivity index (χ3v) is 3.03. The number of allylic oxidation sites excluding steroid dienone is 1. The molecule has 1 N–H and O–H groups in total. The third kappa shape index (κ3) is 3.09. The van der Waals surface area contributed by atoms with E-state index in [0.717, 1.165) is 11.3 Å². The molecule has 0 amide bonds. The molecule has 0 fully saturated rings.